The number of aryl methyl sites for hydroxylation is 1. The number of rotatable bonds is 2. The van der Waals surface area contributed by atoms with E-state index in [0.717, 1.165) is 49.6 Å². The van der Waals surface area contributed by atoms with Crippen molar-refractivity contribution < 1.29 is 23.7 Å². The minimum absolute atomic E-state index is 0.0211. The number of aliphatic hydroxyl groups excluding tert-OH is 2. The topological polar surface area (TPSA) is 52.9 Å². The van der Waals surface area contributed by atoms with Gasteiger partial charge in [0.25, 0.3) is 0 Å². The van der Waals surface area contributed by atoms with Crippen LogP contribution in [0.1, 0.15) is 36.8 Å². The van der Waals surface area contributed by atoms with Gasteiger partial charge >= 0.3 is 0 Å². The lowest BCUT2D eigenvalue weighted by atomic mass is 10.0. The molecule has 2 aromatic rings. The van der Waals surface area contributed by atoms with Gasteiger partial charge in [-0.15, -0.1) is 0 Å². The summed E-state index contributed by atoms with van der Waals surface area (Å²) in [5.74, 6) is -0.424. The number of fused-ring (bicyclic) bond motifs is 1. The highest BCUT2D eigenvalue weighted by Crippen LogP contribution is 2.22. The molecular formula is C23H29F2NO3. The molecule has 29 heavy (non-hydrogen) atoms. The van der Waals surface area contributed by atoms with Crippen LogP contribution in [-0.2, 0) is 13.0 Å². The van der Waals surface area contributed by atoms with E-state index in [1.165, 1.54) is 12.1 Å². The average molecular weight is 405 g/mol. The van der Waals surface area contributed by atoms with Crippen molar-refractivity contribution in [1.29, 1.82) is 0 Å². The summed E-state index contributed by atoms with van der Waals surface area (Å²) in [7, 11) is 0. The van der Waals surface area contributed by atoms with E-state index in [0.29, 0.717) is 25.1 Å². The first-order chi connectivity index (χ1) is 14.0. The molecule has 0 amide bonds. The number of halogens is 2. The fraction of sp³-hybridized carbons (Fsp3) is 0.478. The summed E-state index contributed by atoms with van der Waals surface area (Å²) in [5, 5.41) is 20.6. The van der Waals surface area contributed by atoms with Gasteiger partial charge in [0.2, 0.25) is 0 Å². The first kappa shape index (κ1) is 21.7. The Kier molecular flexibility index (Phi) is 7.98. The summed E-state index contributed by atoms with van der Waals surface area (Å²) < 4.78 is 32.8. The summed E-state index contributed by atoms with van der Waals surface area (Å²) in [6.45, 7) is 1.70. The van der Waals surface area contributed by atoms with Crippen molar-refractivity contribution in [3.63, 3.8) is 0 Å². The Morgan fingerprint density at radius 2 is 1.69 bits per heavy atom. The van der Waals surface area contributed by atoms with Crippen LogP contribution in [0.5, 0.6) is 5.75 Å². The zero-order chi connectivity index (χ0) is 20.6. The number of nitrogens with zero attached hydrogens (tertiary/aromatic N) is 1. The van der Waals surface area contributed by atoms with E-state index < -0.39 is 23.8 Å². The number of benzene rings is 2. The molecule has 4 nitrogen and oxygen atoms in total. The molecule has 1 aliphatic rings. The van der Waals surface area contributed by atoms with E-state index in [2.05, 4.69) is 4.90 Å². The van der Waals surface area contributed by atoms with E-state index in [1.807, 2.05) is 24.3 Å². The van der Waals surface area contributed by atoms with Gasteiger partial charge in [-0.1, -0.05) is 24.6 Å². The van der Waals surface area contributed by atoms with Crippen molar-refractivity contribution in [3.8, 4) is 5.75 Å². The van der Waals surface area contributed by atoms with E-state index in [9.17, 15) is 19.0 Å². The van der Waals surface area contributed by atoms with Gasteiger partial charge in [0.15, 0.2) is 0 Å². The van der Waals surface area contributed by atoms with Crippen molar-refractivity contribution >= 4 is 0 Å². The van der Waals surface area contributed by atoms with E-state index in [4.69, 9.17) is 4.74 Å². The predicted molar refractivity (Wildman–Crippen MR) is 108 cm³/mol. The molecule has 0 spiro atoms. The third kappa shape index (κ3) is 6.77. The number of hydrogen-bond acceptors (Lipinski definition) is 4. The fourth-order valence-corrected chi connectivity index (χ4v) is 3.70. The van der Waals surface area contributed by atoms with Crippen molar-refractivity contribution in [2.45, 2.75) is 50.9 Å². The van der Waals surface area contributed by atoms with Crippen molar-refractivity contribution in [3.05, 3.63) is 65.2 Å². The first-order valence-electron chi connectivity index (χ1n) is 10.3. The maximum absolute atomic E-state index is 13.5. The summed E-state index contributed by atoms with van der Waals surface area (Å²) >= 11 is 0. The largest absolute Gasteiger partial charge is 0.491 e. The fourth-order valence-electron chi connectivity index (χ4n) is 3.70. The average Bonchev–Trinajstić information content (AvgIpc) is 2.68. The first-order valence-corrected chi connectivity index (χ1v) is 10.3. The second kappa shape index (κ2) is 10.7. The van der Waals surface area contributed by atoms with Crippen LogP contribution in [-0.4, -0.2) is 47.0 Å². The van der Waals surface area contributed by atoms with Gasteiger partial charge in [-0.25, -0.2) is 8.78 Å². The number of hydrogen-bond donors (Lipinski definition) is 2. The monoisotopic (exact) mass is 405 g/mol. The van der Waals surface area contributed by atoms with Crippen LogP contribution in [0.2, 0.25) is 0 Å². The highest BCUT2D eigenvalue weighted by atomic mass is 19.1. The van der Waals surface area contributed by atoms with Crippen LogP contribution in [0.4, 0.5) is 8.78 Å². The standard InChI is InChI=1S/C23H29F2NO3/c24-19-12-17(13-20(25)14-19)15-26-10-5-1-2-6-18-7-3-4-8-23(18)29-16-22(28)21(27)9-11-26/h3-4,7-8,12-14,21-22,27-28H,1-2,5-6,9-11,15-16H2/t21-,22+/m0/s1. The molecule has 0 saturated heterocycles. The molecule has 1 aliphatic heterocycles. The molecule has 2 atom stereocenters. The van der Waals surface area contributed by atoms with E-state index in [1.54, 1.807) is 0 Å². The van der Waals surface area contributed by atoms with Gasteiger partial charge in [-0.05, 0) is 61.6 Å². The summed E-state index contributed by atoms with van der Waals surface area (Å²) in [5.41, 5.74) is 1.66. The molecule has 0 radical (unpaired) electrons. The molecule has 0 aliphatic carbocycles. The summed E-state index contributed by atoms with van der Waals surface area (Å²) in [6.07, 6.45) is 2.27. The van der Waals surface area contributed by atoms with Crippen LogP contribution in [0.25, 0.3) is 0 Å². The van der Waals surface area contributed by atoms with Gasteiger partial charge in [0.1, 0.15) is 30.1 Å². The lowest BCUT2D eigenvalue weighted by Crippen LogP contribution is -2.36. The molecule has 0 aromatic heterocycles. The van der Waals surface area contributed by atoms with Crippen molar-refractivity contribution in [2.24, 2.45) is 0 Å². The minimum atomic E-state index is -1.00. The van der Waals surface area contributed by atoms with Crippen LogP contribution < -0.4 is 4.74 Å². The zero-order valence-electron chi connectivity index (χ0n) is 16.6. The Bertz CT molecular complexity index is 766. The minimum Gasteiger partial charge on any atom is -0.491 e. The molecule has 0 saturated carbocycles. The van der Waals surface area contributed by atoms with Gasteiger partial charge in [-0.3, -0.25) is 4.90 Å². The van der Waals surface area contributed by atoms with Crippen LogP contribution >= 0.6 is 0 Å². The lowest BCUT2D eigenvalue weighted by molar-refractivity contribution is -0.0163. The van der Waals surface area contributed by atoms with Gasteiger partial charge in [0.05, 0.1) is 6.10 Å². The van der Waals surface area contributed by atoms with Gasteiger partial charge in [0, 0.05) is 19.2 Å². The van der Waals surface area contributed by atoms with Gasteiger partial charge < -0.3 is 14.9 Å². The molecular weight excluding hydrogens is 376 g/mol. The Morgan fingerprint density at radius 3 is 2.48 bits per heavy atom. The van der Waals surface area contributed by atoms with Crippen molar-refractivity contribution in [1.82, 2.24) is 4.90 Å². The molecule has 1 heterocycles. The van der Waals surface area contributed by atoms with E-state index >= 15 is 0 Å². The quantitative estimate of drug-likeness (QED) is 0.800. The van der Waals surface area contributed by atoms with E-state index in [-0.39, 0.29) is 6.61 Å². The van der Waals surface area contributed by atoms with Gasteiger partial charge in [-0.2, -0.15) is 0 Å². The second-order valence-corrected chi connectivity index (χ2v) is 7.71. The Hall–Kier alpha value is -2.02. The molecule has 6 heteroatoms. The lowest BCUT2D eigenvalue weighted by Gasteiger charge is -2.26. The van der Waals surface area contributed by atoms with Crippen LogP contribution in [0.15, 0.2) is 42.5 Å². The summed E-state index contributed by atoms with van der Waals surface area (Å²) in [6, 6.07) is 11.3. The smallest absolute Gasteiger partial charge is 0.126 e. The van der Waals surface area contributed by atoms with Crippen LogP contribution in [0.3, 0.4) is 0 Å². The Balaban J connectivity index is 1.67. The zero-order valence-corrected chi connectivity index (χ0v) is 16.6. The maximum atomic E-state index is 13.5. The number of para-hydroxylation sites is 1. The highest BCUT2D eigenvalue weighted by molar-refractivity contribution is 5.33. The second-order valence-electron chi connectivity index (χ2n) is 7.71. The SMILES string of the molecule is O[C@@H]1COc2ccccc2CCCCCN(Cc2cc(F)cc(F)c2)CC[C@@H]1O. The number of ether oxygens (including phenoxy) is 1. The molecule has 0 bridgehead atoms. The predicted octanol–water partition coefficient (Wildman–Crippen LogP) is 3.68. The molecule has 158 valence electrons. The maximum Gasteiger partial charge on any atom is 0.126 e. The summed E-state index contributed by atoms with van der Waals surface area (Å²) in [4.78, 5) is 2.07. The molecule has 3 rings (SSSR count). The molecule has 0 unspecified atom stereocenters. The Morgan fingerprint density at radius 1 is 0.931 bits per heavy atom. The highest BCUT2D eigenvalue weighted by Gasteiger charge is 2.20. The number of aliphatic hydroxyl groups is 2. The third-order valence-electron chi connectivity index (χ3n) is 5.32. The van der Waals surface area contributed by atoms with Crippen molar-refractivity contribution in [2.75, 3.05) is 19.7 Å². The molecule has 2 aromatic carbocycles. The third-order valence-corrected chi connectivity index (χ3v) is 5.32. The Labute approximate surface area is 170 Å². The molecule has 0 fully saturated rings. The van der Waals surface area contributed by atoms with Crippen LogP contribution in [0, 0.1) is 11.6 Å². The normalized spacial score (nSPS) is 22.3. The molecule has 2 N–H and O–H groups in total.